The van der Waals surface area contributed by atoms with Crippen LogP contribution >= 0.6 is 27.3 Å². The quantitative estimate of drug-likeness (QED) is 0.920. The summed E-state index contributed by atoms with van der Waals surface area (Å²) in [5, 5.41) is 5.49. The van der Waals surface area contributed by atoms with Gasteiger partial charge in [0.25, 0.3) is 0 Å². The highest BCUT2D eigenvalue weighted by molar-refractivity contribution is 9.10. The second-order valence-corrected chi connectivity index (χ2v) is 6.30. The molecule has 0 radical (unpaired) electrons. The lowest BCUT2D eigenvalue weighted by molar-refractivity contribution is 0.447. The molecule has 94 valence electrons. The van der Waals surface area contributed by atoms with Crippen LogP contribution in [0.15, 0.2) is 28.2 Å². The van der Waals surface area contributed by atoms with E-state index in [2.05, 4.69) is 37.7 Å². The zero-order valence-corrected chi connectivity index (χ0v) is 12.3. The molecule has 3 rings (SSSR count). The van der Waals surface area contributed by atoms with Crippen molar-refractivity contribution in [3.05, 3.63) is 34.0 Å². The predicted molar refractivity (Wildman–Crippen MR) is 77.9 cm³/mol. The van der Waals surface area contributed by atoms with Crippen LogP contribution < -0.4 is 5.32 Å². The minimum Gasteiger partial charge on any atom is -0.316 e. The molecule has 3 heterocycles. The molecule has 2 aromatic rings. The van der Waals surface area contributed by atoms with Crippen LogP contribution in [0.3, 0.4) is 0 Å². The lowest BCUT2D eigenvalue weighted by Crippen LogP contribution is -2.29. The maximum Gasteiger partial charge on any atom is 0.133 e. The number of rotatable bonds is 2. The summed E-state index contributed by atoms with van der Waals surface area (Å²) in [6.45, 7) is 2.12. The van der Waals surface area contributed by atoms with Gasteiger partial charge in [-0.2, -0.15) is 0 Å². The maximum absolute atomic E-state index is 4.72. The Hall–Kier alpha value is -0.780. The van der Waals surface area contributed by atoms with Gasteiger partial charge < -0.3 is 5.32 Å². The Balaban J connectivity index is 1.88. The number of aromatic nitrogens is 2. The smallest absolute Gasteiger partial charge is 0.133 e. The van der Waals surface area contributed by atoms with Crippen molar-refractivity contribution >= 4 is 27.3 Å². The standard InChI is InChI=1S/C13H14BrN3S/c14-10-6-12(18-8-10)11-3-5-16-13(17-11)9-2-1-4-15-7-9/h3,5-6,8-9,15H,1-2,4,7H2. The van der Waals surface area contributed by atoms with Crippen molar-refractivity contribution in [1.82, 2.24) is 15.3 Å². The Morgan fingerprint density at radius 2 is 2.39 bits per heavy atom. The Kier molecular flexibility index (Phi) is 3.72. The highest BCUT2D eigenvalue weighted by atomic mass is 79.9. The van der Waals surface area contributed by atoms with Gasteiger partial charge in [-0.25, -0.2) is 9.97 Å². The van der Waals surface area contributed by atoms with Crippen LogP contribution in [-0.2, 0) is 0 Å². The third-order valence-electron chi connectivity index (χ3n) is 3.16. The summed E-state index contributed by atoms with van der Waals surface area (Å²) in [6, 6.07) is 4.09. The van der Waals surface area contributed by atoms with Crippen molar-refractivity contribution < 1.29 is 0 Å². The Bertz CT molecular complexity index is 535. The van der Waals surface area contributed by atoms with E-state index < -0.39 is 0 Å². The SMILES string of the molecule is Brc1csc(-c2ccnc(C3CCCNC3)n2)c1. The molecule has 18 heavy (non-hydrogen) atoms. The summed E-state index contributed by atoms with van der Waals surface area (Å²) in [5.41, 5.74) is 1.03. The fourth-order valence-corrected chi connectivity index (χ4v) is 3.63. The molecule has 1 aliphatic heterocycles. The molecule has 0 amide bonds. The minimum absolute atomic E-state index is 0.460. The second-order valence-electron chi connectivity index (χ2n) is 4.47. The first-order chi connectivity index (χ1) is 8.83. The van der Waals surface area contributed by atoms with Gasteiger partial charge in [0, 0.05) is 28.5 Å². The highest BCUT2D eigenvalue weighted by Gasteiger charge is 2.18. The van der Waals surface area contributed by atoms with E-state index in [4.69, 9.17) is 4.98 Å². The number of thiophene rings is 1. The molecule has 1 atom stereocenters. The van der Waals surface area contributed by atoms with Gasteiger partial charge in [0.05, 0.1) is 10.6 Å². The fraction of sp³-hybridized carbons (Fsp3) is 0.385. The van der Waals surface area contributed by atoms with Crippen molar-refractivity contribution in [2.24, 2.45) is 0 Å². The molecule has 0 aromatic carbocycles. The summed E-state index contributed by atoms with van der Waals surface area (Å²) in [5.74, 6) is 1.44. The molecule has 0 saturated carbocycles. The molecule has 5 heteroatoms. The van der Waals surface area contributed by atoms with E-state index >= 15 is 0 Å². The monoisotopic (exact) mass is 323 g/mol. The van der Waals surface area contributed by atoms with E-state index in [1.165, 1.54) is 17.7 Å². The number of halogens is 1. The average molecular weight is 324 g/mol. The Labute approximate surface area is 119 Å². The van der Waals surface area contributed by atoms with Crippen LogP contribution in [0.1, 0.15) is 24.6 Å². The van der Waals surface area contributed by atoms with Gasteiger partial charge in [0.15, 0.2) is 0 Å². The lowest BCUT2D eigenvalue weighted by Gasteiger charge is -2.21. The van der Waals surface area contributed by atoms with Gasteiger partial charge >= 0.3 is 0 Å². The number of hydrogen-bond acceptors (Lipinski definition) is 4. The van der Waals surface area contributed by atoms with Gasteiger partial charge in [0.2, 0.25) is 0 Å². The third-order valence-corrected chi connectivity index (χ3v) is 4.87. The Morgan fingerprint density at radius 3 is 3.11 bits per heavy atom. The Morgan fingerprint density at radius 1 is 1.44 bits per heavy atom. The zero-order valence-electron chi connectivity index (χ0n) is 9.90. The molecule has 0 bridgehead atoms. The van der Waals surface area contributed by atoms with Crippen LogP contribution in [0.5, 0.6) is 0 Å². The normalized spacial score (nSPS) is 19.9. The van der Waals surface area contributed by atoms with E-state index in [1.54, 1.807) is 11.3 Å². The first kappa shape index (κ1) is 12.3. The van der Waals surface area contributed by atoms with Crippen molar-refractivity contribution in [2.45, 2.75) is 18.8 Å². The number of piperidine rings is 1. The first-order valence-electron chi connectivity index (χ1n) is 6.11. The van der Waals surface area contributed by atoms with Crippen molar-refractivity contribution in [3.8, 4) is 10.6 Å². The molecule has 1 unspecified atom stereocenters. The summed E-state index contributed by atoms with van der Waals surface area (Å²) < 4.78 is 1.11. The van der Waals surface area contributed by atoms with E-state index in [-0.39, 0.29) is 0 Å². The molecular weight excluding hydrogens is 310 g/mol. The maximum atomic E-state index is 4.72. The van der Waals surface area contributed by atoms with Crippen molar-refractivity contribution in [1.29, 1.82) is 0 Å². The first-order valence-corrected chi connectivity index (χ1v) is 7.78. The summed E-state index contributed by atoms with van der Waals surface area (Å²) in [4.78, 5) is 10.3. The average Bonchev–Trinajstić information content (AvgIpc) is 2.87. The predicted octanol–water partition coefficient (Wildman–Crippen LogP) is 3.43. The van der Waals surface area contributed by atoms with Crippen LogP contribution in [0.2, 0.25) is 0 Å². The largest absolute Gasteiger partial charge is 0.316 e. The van der Waals surface area contributed by atoms with Crippen LogP contribution in [-0.4, -0.2) is 23.1 Å². The summed E-state index contributed by atoms with van der Waals surface area (Å²) in [7, 11) is 0. The lowest BCUT2D eigenvalue weighted by atomic mass is 9.99. The zero-order chi connectivity index (χ0) is 12.4. The highest BCUT2D eigenvalue weighted by Crippen LogP contribution is 2.29. The third kappa shape index (κ3) is 2.63. The molecule has 1 fully saturated rings. The van der Waals surface area contributed by atoms with E-state index in [1.807, 2.05) is 12.3 Å². The number of nitrogens with one attached hydrogen (secondary N) is 1. The van der Waals surface area contributed by atoms with E-state index in [9.17, 15) is 0 Å². The second kappa shape index (κ2) is 5.47. The van der Waals surface area contributed by atoms with E-state index in [0.29, 0.717) is 5.92 Å². The van der Waals surface area contributed by atoms with Crippen LogP contribution in [0, 0.1) is 0 Å². The van der Waals surface area contributed by atoms with Gasteiger partial charge in [-0.1, -0.05) is 0 Å². The topological polar surface area (TPSA) is 37.8 Å². The van der Waals surface area contributed by atoms with Gasteiger partial charge in [-0.3, -0.25) is 0 Å². The number of nitrogens with zero attached hydrogens (tertiary/aromatic N) is 2. The molecule has 3 nitrogen and oxygen atoms in total. The molecule has 2 aromatic heterocycles. The van der Waals surface area contributed by atoms with Crippen molar-refractivity contribution in [3.63, 3.8) is 0 Å². The summed E-state index contributed by atoms with van der Waals surface area (Å²) in [6.07, 6.45) is 4.27. The van der Waals surface area contributed by atoms with Gasteiger partial charge in [-0.05, 0) is 47.4 Å². The number of hydrogen-bond donors (Lipinski definition) is 1. The van der Waals surface area contributed by atoms with Gasteiger partial charge in [-0.15, -0.1) is 11.3 Å². The van der Waals surface area contributed by atoms with Crippen LogP contribution in [0.25, 0.3) is 10.6 Å². The van der Waals surface area contributed by atoms with Crippen molar-refractivity contribution in [2.75, 3.05) is 13.1 Å². The molecule has 1 N–H and O–H groups in total. The molecule has 0 aliphatic carbocycles. The molecule has 0 spiro atoms. The van der Waals surface area contributed by atoms with Gasteiger partial charge in [0.1, 0.15) is 5.82 Å². The fourth-order valence-electron chi connectivity index (χ4n) is 2.23. The molecule has 1 aliphatic rings. The summed E-state index contributed by atoms with van der Waals surface area (Å²) >= 11 is 5.19. The molecule has 1 saturated heterocycles. The van der Waals surface area contributed by atoms with E-state index in [0.717, 1.165) is 29.1 Å². The molecular formula is C13H14BrN3S. The minimum atomic E-state index is 0.460. The van der Waals surface area contributed by atoms with Crippen LogP contribution in [0.4, 0.5) is 0 Å².